The molecule has 0 unspecified atom stereocenters. The normalized spacial score (nSPS) is 11.3. The van der Waals surface area contributed by atoms with E-state index < -0.39 is 10.0 Å². The highest BCUT2D eigenvalue weighted by molar-refractivity contribution is 7.89. The number of rotatable bonds is 4. The van der Waals surface area contributed by atoms with Gasteiger partial charge in [-0.2, -0.15) is 0 Å². The Morgan fingerprint density at radius 3 is 2.68 bits per heavy atom. The molecule has 7 heteroatoms. The molecular weight excluding hydrogens is 286 g/mol. The van der Waals surface area contributed by atoms with Crippen LogP contribution in [0.25, 0.3) is 0 Å². The Morgan fingerprint density at radius 1 is 1.26 bits per heavy atom. The van der Waals surface area contributed by atoms with Gasteiger partial charge in [-0.05, 0) is 30.3 Å². The lowest BCUT2D eigenvalue weighted by Gasteiger charge is -2.09. The average molecular weight is 298 g/mol. The molecule has 0 saturated carbocycles. The van der Waals surface area contributed by atoms with Crippen molar-refractivity contribution in [2.45, 2.75) is 11.4 Å². The number of primary sulfonamides is 1. The van der Waals surface area contributed by atoms with Crippen molar-refractivity contribution in [3.05, 3.63) is 53.3 Å². The zero-order chi connectivity index (χ0) is 13.9. The van der Waals surface area contributed by atoms with Gasteiger partial charge in [-0.15, -0.1) is 0 Å². The smallest absolute Gasteiger partial charge is 0.238 e. The molecule has 0 radical (unpaired) electrons. The molecule has 19 heavy (non-hydrogen) atoms. The van der Waals surface area contributed by atoms with E-state index in [1.54, 1.807) is 6.20 Å². The number of anilines is 1. The first-order valence-corrected chi connectivity index (χ1v) is 7.35. The maximum absolute atomic E-state index is 11.3. The number of pyridine rings is 1. The third-order valence-electron chi connectivity index (χ3n) is 2.45. The highest BCUT2D eigenvalue weighted by atomic mass is 35.5. The Hall–Kier alpha value is -1.63. The van der Waals surface area contributed by atoms with Crippen molar-refractivity contribution in [2.75, 3.05) is 5.32 Å². The van der Waals surface area contributed by atoms with Crippen molar-refractivity contribution in [1.82, 2.24) is 4.98 Å². The van der Waals surface area contributed by atoms with Crippen LogP contribution in [-0.2, 0) is 16.6 Å². The van der Waals surface area contributed by atoms with Crippen LogP contribution in [0.3, 0.4) is 0 Å². The molecule has 1 heterocycles. The van der Waals surface area contributed by atoms with E-state index in [4.69, 9.17) is 16.7 Å². The summed E-state index contributed by atoms with van der Waals surface area (Å²) in [6.45, 7) is 0.439. The number of hydrogen-bond acceptors (Lipinski definition) is 4. The van der Waals surface area contributed by atoms with Crippen molar-refractivity contribution in [3.8, 4) is 0 Å². The molecule has 0 bridgehead atoms. The first kappa shape index (κ1) is 13.8. The summed E-state index contributed by atoms with van der Waals surface area (Å²) in [5.41, 5.74) is 1.32. The second-order valence-electron chi connectivity index (χ2n) is 3.86. The molecule has 5 nitrogen and oxygen atoms in total. The Balaban J connectivity index is 2.21. The summed E-state index contributed by atoms with van der Waals surface area (Å²) in [5.74, 6) is 0. The summed E-state index contributed by atoms with van der Waals surface area (Å²) < 4.78 is 22.5. The third-order valence-corrected chi connectivity index (χ3v) is 3.69. The zero-order valence-electron chi connectivity index (χ0n) is 9.88. The van der Waals surface area contributed by atoms with Crippen molar-refractivity contribution in [3.63, 3.8) is 0 Å². The molecule has 0 saturated heterocycles. The largest absolute Gasteiger partial charge is 0.378 e. The van der Waals surface area contributed by atoms with Crippen LogP contribution in [0, 0.1) is 0 Å². The van der Waals surface area contributed by atoms with E-state index in [1.807, 2.05) is 18.2 Å². The maximum Gasteiger partial charge on any atom is 0.238 e. The van der Waals surface area contributed by atoms with Crippen molar-refractivity contribution < 1.29 is 8.42 Å². The summed E-state index contributed by atoms with van der Waals surface area (Å²) in [5, 5.41) is 8.52. The Labute approximate surface area is 116 Å². The van der Waals surface area contributed by atoms with Crippen LogP contribution in [0.5, 0.6) is 0 Å². The van der Waals surface area contributed by atoms with Gasteiger partial charge in [0.15, 0.2) is 0 Å². The topological polar surface area (TPSA) is 85.1 Å². The van der Waals surface area contributed by atoms with Gasteiger partial charge in [0.2, 0.25) is 10.0 Å². The van der Waals surface area contributed by atoms with E-state index in [0.29, 0.717) is 17.3 Å². The number of sulfonamides is 1. The number of aromatic nitrogens is 1. The lowest BCUT2D eigenvalue weighted by Crippen LogP contribution is -2.12. The number of nitrogens with one attached hydrogen (secondary N) is 1. The van der Waals surface area contributed by atoms with E-state index in [9.17, 15) is 8.42 Å². The molecule has 0 aliphatic heterocycles. The minimum Gasteiger partial charge on any atom is -0.378 e. The highest BCUT2D eigenvalue weighted by Gasteiger charge is 2.10. The molecule has 0 fully saturated rings. The van der Waals surface area contributed by atoms with Crippen LogP contribution in [0.1, 0.15) is 5.69 Å². The fourth-order valence-electron chi connectivity index (χ4n) is 1.51. The molecule has 2 aromatic rings. The van der Waals surface area contributed by atoms with Crippen LogP contribution in [0.15, 0.2) is 47.5 Å². The standard InChI is InChI=1S/C12H12ClN3O2S/c13-11-5-4-10(19(14,17)18)7-12(11)16-8-9-3-1-2-6-15-9/h1-7,16H,8H2,(H2,14,17,18). The number of nitrogens with zero attached hydrogens (tertiary/aromatic N) is 1. The third kappa shape index (κ3) is 3.66. The van der Waals surface area contributed by atoms with Gasteiger partial charge in [0, 0.05) is 6.20 Å². The summed E-state index contributed by atoms with van der Waals surface area (Å²) in [6, 6.07) is 9.79. The lowest BCUT2D eigenvalue weighted by atomic mass is 10.3. The number of benzene rings is 1. The molecule has 0 spiro atoms. The predicted molar refractivity (Wildman–Crippen MR) is 74.4 cm³/mol. The van der Waals surface area contributed by atoms with E-state index in [2.05, 4.69) is 10.3 Å². The fraction of sp³-hybridized carbons (Fsp3) is 0.0833. The van der Waals surface area contributed by atoms with Gasteiger partial charge in [-0.1, -0.05) is 17.7 Å². The average Bonchev–Trinajstić information content (AvgIpc) is 2.37. The molecular formula is C12H12ClN3O2S. The maximum atomic E-state index is 11.3. The molecule has 100 valence electrons. The summed E-state index contributed by atoms with van der Waals surface area (Å²) in [6.07, 6.45) is 1.68. The molecule has 0 amide bonds. The van der Waals surface area contributed by atoms with Crippen LogP contribution in [-0.4, -0.2) is 13.4 Å². The first-order chi connectivity index (χ1) is 8.97. The van der Waals surface area contributed by atoms with E-state index in [1.165, 1.54) is 18.2 Å². The number of nitrogens with two attached hydrogens (primary N) is 1. The number of halogens is 1. The van der Waals surface area contributed by atoms with E-state index >= 15 is 0 Å². The molecule has 0 aliphatic rings. The van der Waals surface area contributed by atoms with Gasteiger partial charge in [0.05, 0.1) is 27.8 Å². The lowest BCUT2D eigenvalue weighted by molar-refractivity contribution is 0.598. The van der Waals surface area contributed by atoms with Crippen molar-refractivity contribution in [2.24, 2.45) is 5.14 Å². The zero-order valence-corrected chi connectivity index (χ0v) is 11.4. The Morgan fingerprint density at radius 2 is 2.05 bits per heavy atom. The van der Waals surface area contributed by atoms with Gasteiger partial charge in [-0.25, -0.2) is 13.6 Å². The van der Waals surface area contributed by atoms with Crippen LogP contribution in [0.4, 0.5) is 5.69 Å². The van der Waals surface area contributed by atoms with Crippen LogP contribution in [0.2, 0.25) is 5.02 Å². The quantitative estimate of drug-likeness (QED) is 0.904. The molecule has 2 rings (SSSR count). The Kier molecular flexibility index (Phi) is 4.04. The minimum absolute atomic E-state index is 0.0143. The van der Waals surface area contributed by atoms with Crippen LogP contribution < -0.4 is 10.5 Å². The SMILES string of the molecule is NS(=O)(=O)c1ccc(Cl)c(NCc2ccccn2)c1. The molecule has 0 atom stereocenters. The van der Waals surface area contributed by atoms with Gasteiger partial charge >= 0.3 is 0 Å². The van der Waals surface area contributed by atoms with Gasteiger partial charge in [0.25, 0.3) is 0 Å². The monoisotopic (exact) mass is 297 g/mol. The summed E-state index contributed by atoms with van der Waals surface area (Å²) in [7, 11) is -3.74. The predicted octanol–water partition coefficient (Wildman–Crippen LogP) is 1.99. The summed E-state index contributed by atoms with van der Waals surface area (Å²) >= 11 is 5.99. The number of hydrogen-bond donors (Lipinski definition) is 2. The molecule has 0 aliphatic carbocycles. The molecule has 1 aromatic carbocycles. The van der Waals surface area contributed by atoms with E-state index in [-0.39, 0.29) is 4.90 Å². The van der Waals surface area contributed by atoms with Crippen LogP contribution >= 0.6 is 11.6 Å². The summed E-state index contributed by atoms with van der Waals surface area (Å²) in [4.78, 5) is 4.16. The van der Waals surface area contributed by atoms with Gasteiger partial charge in [-0.3, -0.25) is 4.98 Å². The fourth-order valence-corrected chi connectivity index (χ4v) is 2.23. The minimum atomic E-state index is -3.74. The second-order valence-corrected chi connectivity index (χ2v) is 5.83. The Bertz CT molecular complexity index is 675. The molecule has 3 N–H and O–H groups in total. The second kappa shape index (κ2) is 5.56. The van der Waals surface area contributed by atoms with Crippen molar-refractivity contribution in [1.29, 1.82) is 0 Å². The van der Waals surface area contributed by atoms with Gasteiger partial charge in [0.1, 0.15) is 0 Å². The van der Waals surface area contributed by atoms with Gasteiger partial charge < -0.3 is 5.32 Å². The molecule has 1 aromatic heterocycles. The van der Waals surface area contributed by atoms with E-state index in [0.717, 1.165) is 5.69 Å². The highest BCUT2D eigenvalue weighted by Crippen LogP contribution is 2.25. The first-order valence-electron chi connectivity index (χ1n) is 5.43. The van der Waals surface area contributed by atoms with Crippen molar-refractivity contribution >= 4 is 27.3 Å².